The third kappa shape index (κ3) is 2.71. The van der Waals surface area contributed by atoms with Crippen LogP contribution in [0, 0.1) is 0 Å². The van der Waals surface area contributed by atoms with Gasteiger partial charge in [0.2, 0.25) is 0 Å². The lowest BCUT2D eigenvalue weighted by Gasteiger charge is -2.27. The van der Waals surface area contributed by atoms with Crippen LogP contribution in [0.5, 0.6) is 5.75 Å². The molecule has 4 amide bonds. The number of urea groups is 1. The number of aromatic nitrogens is 1. The van der Waals surface area contributed by atoms with Gasteiger partial charge in [-0.25, -0.2) is 14.7 Å². The molecule has 1 saturated carbocycles. The zero-order valence-corrected chi connectivity index (χ0v) is 14.6. The van der Waals surface area contributed by atoms with Gasteiger partial charge in [-0.05, 0) is 31.9 Å². The summed E-state index contributed by atoms with van der Waals surface area (Å²) in [6.07, 6.45) is 4.59. The minimum absolute atomic E-state index is 0.308. The van der Waals surface area contributed by atoms with Crippen LogP contribution in [0.1, 0.15) is 32.6 Å². The fourth-order valence-electron chi connectivity index (χ4n) is 3.60. The van der Waals surface area contributed by atoms with Crippen molar-refractivity contribution in [2.24, 2.45) is 0 Å². The SMILES string of the molecule is COc1cccnc1N(C)C(=O)C(C)N1C(=O)NC2(CCCC2)C1=O. The largest absolute Gasteiger partial charge is 0.493 e. The van der Waals surface area contributed by atoms with Gasteiger partial charge >= 0.3 is 6.03 Å². The second kappa shape index (κ2) is 6.34. The monoisotopic (exact) mass is 346 g/mol. The third-order valence-corrected chi connectivity index (χ3v) is 5.01. The van der Waals surface area contributed by atoms with E-state index in [2.05, 4.69) is 10.3 Å². The number of carbonyl (C=O) groups is 3. The number of hydrogen-bond acceptors (Lipinski definition) is 5. The Labute approximate surface area is 146 Å². The fraction of sp³-hybridized carbons (Fsp3) is 0.529. The predicted molar refractivity (Wildman–Crippen MR) is 90.2 cm³/mol. The standard InChI is InChI=1S/C17H22N4O4/c1-11(14(22)20(2)13-12(25-3)7-6-10-18-13)21-15(23)17(19-16(21)24)8-4-5-9-17/h6-7,10-11H,4-5,8-9H2,1-3H3,(H,19,24). The molecule has 2 aliphatic rings. The fourth-order valence-corrected chi connectivity index (χ4v) is 3.60. The normalized spacial score (nSPS) is 19.9. The van der Waals surface area contributed by atoms with Crippen LogP contribution in [0.25, 0.3) is 0 Å². The van der Waals surface area contributed by atoms with Crippen LogP contribution >= 0.6 is 0 Å². The number of pyridine rings is 1. The van der Waals surface area contributed by atoms with Gasteiger partial charge in [-0.2, -0.15) is 0 Å². The summed E-state index contributed by atoms with van der Waals surface area (Å²) in [5.74, 6) is 0.0623. The van der Waals surface area contributed by atoms with Crippen molar-refractivity contribution in [2.75, 3.05) is 19.1 Å². The van der Waals surface area contributed by atoms with E-state index in [9.17, 15) is 14.4 Å². The number of ether oxygens (including phenoxy) is 1. The summed E-state index contributed by atoms with van der Waals surface area (Å²) in [7, 11) is 3.04. The number of amides is 4. The van der Waals surface area contributed by atoms with Gasteiger partial charge in [-0.1, -0.05) is 12.8 Å². The lowest BCUT2D eigenvalue weighted by Crippen LogP contribution is -2.50. The first-order valence-corrected chi connectivity index (χ1v) is 8.33. The van der Waals surface area contributed by atoms with E-state index in [4.69, 9.17) is 4.74 Å². The van der Waals surface area contributed by atoms with Gasteiger partial charge in [-0.15, -0.1) is 0 Å². The van der Waals surface area contributed by atoms with Gasteiger partial charge in [0.05, 0.1) is 7.11 Å². The van der Waals surface area contributed by atoms with E-state index >= 15 is 0 Å². The Morgan fingerprint density at radius 2 is 2.08 bits per heavy atom. The molecule has 1 unspecified atom stereocenters. The third-order valence-electron chi connectivity index (χ3n) is 5.01. The van der Waals surface area contributed by atoms with Crippen molar-refractivity contribution < 1.29 is 19.1 Å². The first-order chi connectivity index (χ1) is 11.9. The zero-order chi connectivity index (χ0) is 18.2. The van der Waals surface area contributed by atoms with Crippen LogP contribution in [0.4, 0.5) is 10.6 Å². The minimum Gasteiger partial charge on any atom is -0.493 e. The molecular formula is C17H22N4O4. The van der Waals surface area contributed by atoms with Crippen LogP contribution in [0.15, 0.2) is 18.3 Å². The predicted octanol–water partition coefficient (Wildman–Crippen LogP) is 1.31. The van der Waals surface area contributed by atoms with Crippen LogP contribution in [0.3, 0.4) is 0 Å². The van der Waals surface area contributed by atoms with Crippen molar-refractivity contribution in [1.29, 1.82) is 0 Å². The van der Waals surface area contributed by atoms with Gasteiger partial charge in [0.1, 0.15) is 11.6 Å². The molecule has 25 heavy (non-hydrogen) atoms. The molecule has 1 aromatic rings. The lowest BCUT2D eigenvalue weighted by atomic mass is 9.97. The molecule has 2 fully saturated rings. The minimum atomic E-state index is -0.927. The van der Waals surface area contributed by atoms with Crippen molar-refractivity contribution in [3.63, 3.8) is 0 Å². The quantitative estimate of drug-likeness (QED) is 0.830. The number of anilines is 1. The van der Waals surface area contributed by atoms with E-state index in [1.165, 1.54) is 12.0 Å². The molecule has 8 nitrogen and oxygen atoms in total. The Bertz CT molecular complexity index is 714. The topological polar surface area (TPSA) is 91.8 Å². The molecule has 1 aromatic heterocycles. The summed E-state index contributed by atoms with van der Waals surface area (Å²) in [6.45, 7) is 1.56. The summed E-state index contributed by atoms with van der Waals surface area (Å²) < 4.78 is 5.22. The van der Waals surface area contributed by atoms with E-state index in [-0.39, 0.29) is 5.91 Å². The first kappa shape index (κ1) is 17.2. The second-order valence-electron chi connectivity index (χ2n) is 6.50. The van der Waals surface area contributed by atoms with Crippen molar-refractivity contribution >= 4 is 23.7 Å². The Morgan fingerprint density at radius 3 is 2.72 bits per heavy atom. The van der Waals surface area contributed by atoms with Gasteiger partial charge in [0.25, 0.3) is 11.8 Å². The number of nitrogens with one attached hydrogen (secondary N) is 1. The highest BCUT2D eigenvalue weighted by molar-refractivity contribution is 6.11. The van der Waals surface area contributed by atoms with E-state index < -0.39 is 23.5 Å². The average Bonchev–Trinajstić information content (AvgIpc) is 3.18. The van der Waals surface area contributed by atoms with Gasteiger partial charge in [0, 0.05) is 13.2 Å². The second-order valence-corrected chi connectivity index (χ2v) is 6.50. The molecular weight excluding hydrogens is 324 g/mol. The van der Waals surface area contributed by atoms with E-state index in [0.717, 1.165) is 17.7 Å². The highest BCUT2D eigenvalue weighted by atomic mass is 16.5. The first-order valence-electron chi connectivity index (χ1n) is 8.33. The summed E-state index contributed by atoms with van der Waals surface area (Å²) >= 11 is 0. The van der Waals surface area contributed by atoms with E-state index in [0.29, 0.717) is 24.4 Å². The van der Waals surface area contributed by atoms with Crippen LogP contribution in [0.2, 0.25) is 0 Å². The highest BCUT2D eigenvalue weighted by Gasteiger charge is 2.54. The summed E-state index contributed by atoms with van der Waals surface area (Å²) in [5.41, 5.74) is -0.827. The summed E-state index contributed by atoms with van der Waals surface area (Å²) in [6, 6.07) is 1.96. The Morgan fingerprint density at radius 1 is 1.40 bits per heavy atom. The molecule has 8 heteroatoms. The number of hydrogen-bond donors (Lipinski definition) is 1. The molecule has 1 spiro atoms. The molecule has 1 atom stereocenters. The van der Waals surface area contributed by atoms with Crippen LogP contribution in [-0.4, -0.2) is 53.5 Å². The van der Waals surface area contributed by atoms with Crippen molar-refractivity contribution in [3.8, 4) is 5.75 Å². The molecule has 1 N–H and O–H groups in total. The van der Waals surface area contributed by atoms with Crippen molar-refractivity contribution in [2.45, 2.75) is 44.2 Å². The summed E-state index contributed by atoms with van der Waals surface area (Å²) in [5, 5.41) is 2.79. The highest BCUT2D eigenvalue weighted by Crippen LogP contribution is 2.36. The number of carbonyl (C=O) groups excluding carboxylic acids is 3. The van der Waals surface area contributed by atoms with Crippen molar-refractivity contribution in [3.05, 3.63) is 18.3 Å². The molecule has 1 aliphatic carbocycles. The number of imide groups is 1. The summed E-state index contributed by atoms with van der Waals surface area (Å²) in [4.78, 5) is 44.5. The molecule has 0 bridgehead atoms. The van der Waals surface area contributed by atoms with E-state index in [1.807, 2.05) is 0 Å². The van der Waals surface area contributed by atoms with E-state index in [1.54, 1.807) is 32.3 Å². The number of methoxy groups -OCH3 is 1. The molecule has 134 valence electrons. The Kier molecular flexibility index (Phi) is 4.36. The lowest BCUT2D eigenvalue weighted by molar-refractivity contribution is -0.136. The molecule has 2 heterocycles. The van der Waals surface area contributed by atoms with Gasteiger partial charge < -0.3 is 10.1 Å². The number of likely N-dealkylation sites (N-methyl/N-ethyl adjacent to an activating group) is 1. The van der Waals surface area contributed by atoms with Crippen LogP contribution in [-0.2, 0) is 9.59 Å². The van der Waals surface area contributed by atoms with Gasteiger partial charge in [-0.3, -0.25) is 14.5 Å². The smallest absolute Gasteiger partial charge is 0.325 e. The van der Waals surface area contributed by atoms with Gasteiger partial charge in [0.15, 0.2) is 11.6 Å². The zero-order valence-electron chi connectivity index (χ0n) is 14.6. The molecule has 1 saturated heterocycles. The molecule has 0 aromatic carbocycles. The molecule has 1 aliphatic heterocycles. The number of nitrogens with zero attached hydrogens (tertiary/aromatic N) is 3. The maximum atomic E-state index is 12.8. The molecule has 3 rings (SSSR count). The number of rotatable bonds is 4. The Hall–Kier alpha value is -2.64. The van der Waals surface area contributed by atoms with Crippen molar-refractivity contribution in [1.82, 2.24) is 15.2 Å². The maximum Gasteiger partial charge on any atom is 0.325 e. The Balaban J connectivity index is 1.82. The average molecular weight is 346 g/mol. The molecule has 0 radical (unpaired) electrons. The van der Waals surface area contributed by atoms with Crippen LogP contribution < -0.4 is 15.0 Å². The maximum absolute atomic E-state index is 12.8.